The molecule has 27 heavy (non-hydrogen) atoms. The van der Waals surface area contributed by atoms with Gasteiger partial charge in [0.05, 0.1) is 22.2 Å². The van der Waals surface area contributed by atoms with E-state index < -0.39 is 16.9 Å². The summed E-state index contributed by atoms with van der Waals surface area (Å²) in [6, 6.07) is 7.40. The minimum atomic E-state index is -3.76. The van der Waals surface area contributed by atoms with Gasteiger partial charge in [-0.05, 0) is 42.8 Å². The molecule has 1 saturated heterocycles. The number of carbonyl (C=O) groups is 1. The monoisotopic (exact) mass is 391 g/mol. The summed E-state index contributed by atoms with van der Waals surface area (Å²) >= 11 is 0. The van der Waals surface area contributed by atoms with Crippen molar-refractivity contribution in [1.29, 1.82) is 0 Å². The topological polar surface area (TPSA) is 79.8 Å². The Morgan fingerprint density at radius 3 is 2.85 bits per heavy atom. The van der Waals surface area contributed by atoms with Crippen LogP contribution in [0.2, 0.25) is 0 Å². The van der Waals surface area contributed by atoms with Gasteiger partial charge >= 0.3 is 0 Å². The number of rotatable bonds is 4. The largest absolute Gasteiger partial charge is 0.463 e. The zero-order valence-corrected chi connectivity index (χ0v) is 15.4. The minimum absolute atomic E-state index is 0.107. The lowest BCUT2D eigenvalue weighted by molar-refractivity contribution is 0.0625. The molecule has 9 heteroatoms. The van der Waals surface area contributed by atoms with Gasteiger partial charge in [0.25, 0.3) is 5.91 Å². The highest BCUT2D eigenvalue weighted by Crippen LogP contribution is 2.36. The Labute approximate surface area is 156 Å². The lowest BCUT2D eigenvalue weighted by Crippen LogP contribution is -2.49. The van der Waals surface area contributed by atoms with Crippen LogP contribution < -0.4 is 4.74 Å². The van der Waals surface area contributed by atoms with Gasteiger partial charge in [0, 0.05) is 25.8 Å². The first-order chi connectivity index (χ1) is 12.9. The van der Waals surface area contributed by atoms with Crippen LogP contribution in [-0.4, -0.2) is 55.0 Å². The van der Waals surface area contributed by atoms with Crippen LogP contribution in [0.1, 0.15) is 27.7 Å². The van der Waals surface area contributed by atoms with E-state index in [0.29, 0.717) is 23.4 Å². The summed E-state index contributed by atoms with van der Waals surface area (Å²) in [4.78, 5) is 18.6. The van der Waals surface area contributed by atoms with Gasteiger partial charge in [0.2, 0.25) is 16.9 Å². The summed E-state index contributed by atoms with van der Waals surface area (Å²) in [6.07, 6.45) is 1.61. The molecule has 2 aliphatic heterocycles. The zero-order chi connectivity index (χ0) is 19.2. The number of amides is 1. The molecule has 1 aromatic heterocycles. The van der Waals surface area contributed by atoms with E-state index in [4.69, 9.17) is 4.74 Å². The number of piperazine rings is 1. The average Bonchev–Trinajstić information content (AvgIpc) is 2.94. The first-order valence-corrected chi connectivity index (χ1v) is 9.93. The van der Waals surface area contributed by atoms with Gasteiger partial charge in [0.15, 0.2) is 0 Å². The van der Waals surface area contributed by atoms with Gasteiger partial charge in [-0.1, -0.05) is 0 Å². The quantitative estimate of drug-likeness (QED) is 0.795. The number of nitrogens with zero attached hydrogens (tertiary/aromatic N) is 3. The van der Waals surface area contributed by atoms with Crippen LogP contribution in [0.4, 0.5) is 4.39 Å². The number of aromatic nitrogens is 1. The third-order valence-electron chi connectivity index (χ3n) is 4.97. The summed E-state index contributed by atoms with van der Waals surface area (Å²) in [7, 11) is -3.76. The number of benzene rings is 1. The van der Waals surface area contributed by atoms with Gasteiger partial charge in [-0.25, -0.2) is 12.8 Å². The van der Waals surface area contributed by atoms with Gasteiger partial charge in [0.1, 0.15) is 5.75 Å². The number of hydrogen-bond donors (Lipinski definition) is 0. The molecule has 1 atom stereocenters. The van der Waals surface area contributed by atoms with Crippen LogP contribution in [-0.2, 0) is 10.0 Å². The molecule has 7 nitrogen and oxygen atoms in total. The third kappa shape index (κ3) is 2.87. The number of pyridine rings is 1. The fraction of sp³-hybridized carbons (Fsp3) is 0.333. The zero-order valence-electron chi connectivity index (χ0n) is 14.6. The first kappa shape index (κ1) is 17.9. The molecule has 0 saturated carbocycles. The average molecular weight is 391 g/mol. The molecule has 142 valence electrons. The van der Waals surface area contributed by atoms with Crippen LogP contribution in [0.5, 0.6) is 5.75 Å². The number of ether oxygens (including phenoxy) is 1. The van der Waals surface area contributed by atoms with E-state index in [1.165, 1.54) is 22.5 Å². The van der Waals surface area contributed by atoms with E-state index in [2.05, 4.69) is 4.98 Å². The van der Waals surface area contributed by atoms with Gasteiger partial charge in [-0.2, -0.15) is 4.31 Å². The molecule has 3 heterocycles. The third-order valence-corrected chi connectivity index (χ3v) is 7.00. The van der Waals surface area contributed by atoms with Crippen molar-refractivity contribution in [2.75, 3.05) is 26.5 Å². The highest BCUT2D eigenvalue weighted by Gasteiger charge is 2.44. The fourth-order valence-corrected chi connectivity index (χ4v) is 5.32. The second kappa shape index (κ2) is 6.58. The summed E-state index contributed by atoms with van der Waals surface area (Å²) in [5.74, 6) is 0.169. The van der Waals surface area contributed by atoms with Crippen molar-refractivity contribution in [2.24, 2.45) is 0 Å². The molecule has 0 bridgehead atoms. The maximum Gasteiger partial charge on any atom is 0.256 e. The maximum absolute atomic E-state index is 13.1. The second-order valence-corrected chi connectivity index (χ2v) is 8.40. The Kier molecular flexibility index (Phi) is 4.35. The van der Waals surface area contributed by atoms with Gasteiger partial charge in [-0.15, -0.1) is 0 Å². The van der Waals surface area contributed by atoms with E-state index in [1.54, 1.807) is 30.2 Å². The normalized spacial score (nSPS) is 19.7. The summed E-state index contributed by atoms with van der Waals surface area (Å²) in [5.41, 5.74) is 1.63. The lowest BCUT2D eigenvalue weighted by Gasteiger charge is -2.36. The molecule has 1 amide bonds. The summed E-state index contributed by atoms with van der Waals surface area (Å²) < 4.78 is 44.8. The lowest BCUT2D eigenvalue weighted by atomic mass is 10.1. The van der Waals surface area contributed by atoms with E-state index in [-0.39, 0.29) is 35.7 Å². The Morgan fingerprint density at radius 1 is 1.30 bits per heavy atom. The van der Waals surface area contributed by atoms with Crippen LogP contribution in [0, 0.1) is 6.92 Å². The number of halogens is 1. The second-order valence-electron chi connectivity index (χ2n) is 6.49. The first-order valence-electron chi connectivity index (χ1n) is 8.49. The van der Waals surface area contributed by atoms with E-state index in [0.717, 1.165) is 0 Å². The Morgan fingerprint density at radius 2 is 2.11 bits per heavy atom. The van der Waals surface area contributed by atoms with Crippen molar-refractivity contribution in [3.8, 4) is 5.75 Å². The molecule has 2 aromatic rings. The molecule has 2 aliphatic rings. The maximum atomic E-state index is 13.1. The van der Waals surface area contributed by atoms with Crippen LogP contribution in [0.3, 0.4) is 0 Å². The predicted octanol–water partition coefficient (Wildman–Crippen LogP) is 1.90. The van der Waals surface area contributed by atoms with Crippen LogP contribution >= 0.6 is 0 Å². The number of carbonyl (C=O) groups excluding carboxylic acids is 1. The van der Waals surface area contributed by atoms with Crippen molar-refractivity contribution < 1.29 is 22.3 Å². The van der Waals surface area contributed by atoms with E-state index in [1.807, 2.05) is 0 Å². The molecule has 0 spiro atoms. The standard InChI is InChI=1S/C18H18FN3O4S/c1-12-9-13(26-11-19)4-5-16(12)27(24,25)21-7-8-22-15(10-21)17-14(18(22)23)3-2-6-20-17/h2-6,9,15H,7-8,10-11H2,1H3. The van der Waals surface area contributed by atoms with Gasteiger partial charge in [-0.3, -0.25) is 9.78 Å². The molecule has 1 fully saturated rings. The van der Waals surface area contributed by atoms with Crippen molar-refractivity contribution in [2.45, 2.75) is 17.9 Å². The molecular formula is C18H18FN3O4S. The van der Waals surface area contributed by atoms with Crippen LogP contribution in [0.25, 0.3) is 0 Å². The van der Waals surface area contributed by atoms with E-state index in [9.17, 15) is 17.6 Å². The molecule has 0 radical (unpaired) electrons. The van der Waals surface area contributed by atoms with Crippen molar-refractivity contribution in [1.82, 2.24) is 14.2 Å². The molecule has 1 aromatic carbocycles. The molecule has 4 rings (SSSR count). The SMILES string of the molecule is Cc1cc(OCF)ccc1S(=O)(=O)N1CCN2C(=O)c3cccnc3C2C1. The van der Waals surface area contributed by atoms with Gasteiger partial charge < -0.3 is 9.64 Å². The smallest absolute Gasteiger partial charge is 0.256 e. The molecule has 1 unspecified atom stereocenters. The summed E-state index contributed by atoms with van der Waals surface area (Å²) in [6.45, 7) is 1.34. The molecular weight excluding hydrogens is 373 g/mol. The molecule has 0 N–H and O–H groups in total. The van der Waals surface area contributed by atoms with E-state index >= 15 is 0 Å². The van der Waals surface area contributed by atoms with Crippen molar-refractivity contribution >= 4 is 15.9 Å². The van der Waals surface area contributed by atoms with Crippen LogP contribution in [0.15, 0.2) is 41.4 Å². The number of aryl methyl sites for hydroxylation is 1. The Hall–Kier alpha value is -2.52. The highest BCUT2D eigenvalue weighted by molar-refractivity contribution is 7.89. The van der Waals surface area contributed by atoms with Crippen molar-refractivity contribution in [3.05, 3.63) is 53.3 Å². The Balaban J connectivity index is 1.64. The highest BCUT2D eigenvalue weighted by atomic mass is 32.2. The molecule has 0 aliphatic carbocycles. The number of sulfonamides is 1. The number of alkyl halides is 1. The fourth-order valence-electron chi connectivity index (χ4n) is 3.68. The number of hydrogen-bond acceptors (Lipinski definition) is 5. The number of fused-ring (bicyclic) bond motifs is 3. The van der Waals surface area contributed by atoms with Crippen molar-refractivity contribution in [3.63, 3.8) is 0 Å². The Bertz CT molecular complexity index is 1010. The predicted molar refractivity (Wildman–Crippen MR) is 94.6 cm³/mol. The summed E-state index contributed by atoms with van der Waals surface area (Å²) in [5, 5.41) is 0. The minimum Gasteiger partial charge on any atom is -0.463 e.